The minimum atomic E-state index is 0.317. The molecule has 0 saturated carbocycles. The predicted octanol–water partition coefficient (Wildman–Crippen LogP) is 11.3. The van der Waals surface area contributed by atoms with E-state index in [0.29, 0.717) is 11.5 Å². The highest BCUT2D eigenvalue weighted by Gasteiger charge is 2.27. The number of hydrogen-bond donors (Lipinski definition) is 0. The maximum absolute atomic E-state index is 9.27. The first-order valence-corrected chi connectivity index (χ1v) is 16.2. The van der Waals surface area contributed by atoms with Crippen LogP contribution in [0, 0.1) is 11.3 Å². The van der Waals surface area contributed by atoms with Crippen LogP contribution >= 0.6 is 0 Å². The quantitative estimate of drug-likeness (QED) is 0.198. The zero-order valence-corrected chi connectivity index (χ0v) is 26.1. The van der Waals surface area contributed by atoms with E-state index >= 15 is 0 Å². The monoisotopic (exact) mass is 601 g/mol. The van der Waals surface area contributed by atoms with Crippen molar-refractivity contribution in [2.24, 2.45) is 0 Å². The van der Waals surface area contributed by atoms with Gasteiger partial charge in [-0.2, -0.15) is 5.26 Å². The molecular weight excluding hydrogens is 571 g/mol. The molecule has 0 bridgehead atoms. The van der Waals surface area contributed by atoms with Crippen molar-refractivity contribution in [3.63, 3.8) is 0 Å². The smallest absolute Gasteiger partial charge is 0.0991 e. The van der Waals surface area contributed by atoms with Gasteiger partial charge >= 0.3 is 0 Å². The third kappa shape index (κ3) is 4.34. The second-order valence-corrected chi connectivity index (χ2v) is 12.6. The zero-order chi connectivity index (χ0) is 31.5. The molecule has 0 saturated heterocycles. The molecule has 0 fully saturated rings. The molecule has 47 heavy (non-hydrogen) atoms. The zero-order valence-electron chi connectivity index (χ0n) is 26.1. The molecule has 1 unspecified atom stereocenters. The Balaban J connectivity index is 1.20. The molecule has 1 aliphatic carbocycles. The summed E-state index contributed by atoms with van der Waals surface area (Å²) in [5, 5.41) is 13.1. The van der Waals surface area contributed by atoms with Gasteiger partial charge in [-0.1, -0.05) is 91.9 Å². The number of benzene rings is 6. The van der Waals surface area contributed by atoms with Gasteiger partial charge < -0.3 is 9.13 Å². The lowest BCUT2D eigenvalue weighted by molar-refractivity contribution is 0.733. The van der Waals surface area contributed by atoms with Crippen molar-refractivity contribution >= 4 is 44.4 Å². The summed E-state index contributed by atoms with van der Waals surface area (Å²) in [4.78, 5) is 0. The maximum Gasteiger partial charge on any atom is 0.0991 e. The summed E-state index contributed by atoms with van der Waals surface area (Å²) in [7, 11) is 0. The van der Waals surface area contributed by atoms with Crippen molar-refractivity contribution in [1.82, 2.24) is 9.13 Å². The number of hydrogen-bond acceptors (Lipinski definition) is 1. The Morgan fingerprint density at radius 3 is 2.00 bits per heavy atom. The van der Waals surface area contributed by atoms with E-state index in [4.69, 9.17) is 0 Å². The molecule has 1 atom stereocenters. The number of rotatable bonds is 4. The molecule has 0 N–H and O–H groups in total. The van der Waals surface area contributed by atoms with Crippen molar-refractivity contribution in [1.29, 1.82) is 5.26 Å². The van der Waals surface area contributed by atoms with Crippen molar-refractivity contribution in [2.45, 2.75) is 19.3 Å². The molecular formula is C44H31N3. The molecule has 3 heteroatoms. The molecule has 222 valence electrons. The van der Waals surface area contributed by atoms with Crippen LogP contribution < -0.4 is 0 Å². The first-order chi connectivity index (χ1) is 23.2. The van der Waals surface area contributed by atoms with E-state index in [-0.39, 0.29) is 0 Å². The second kappa shape index (κ2) is 10.8. The van der Waals surface area contributed by atoms with Gasteiger partial charge in [-0.15, -0.1) is 0 Å². The summed E-state index contributed by atoms with van der Waals surface area (Å²) in [5.74, 6) is 0.317. The largest absolute Gasteiger partial charge is 0.313 e. The van der Waals surface area contributed by atoms with Crippen LogP contribution in [0.15, 0.2) is 146 Å². The van der Waals surface area contributed by atoms with Gasteiger partial charge in [-0.3, -0.25) is 0 Å². The summed E-state index contributed by atoms with van der Waals surface area (Å²) in [6.07, 6.45) is 3.40. The lowest BCUT2D eigenvalue weighted by atomic mass is 9.84. The molecule has 0 radical (unpaired) electrons. The molecule has 0 aliphatic heterocycles. The van der Waals surface area contributed by atoms with Crippen molar-refractivity contribution in [3.05, 3.63) is 168 Å². The Bertz CT molecular complexity index is 2550. The summed E-state index contributed by atoms with van der Waals surface area (Å²) < 4.78 is 4.84. The van der Waals surface area contributed by atoms with Crippen LogP contribution in [0.4, 0.5) is 0 Å². The second-order valence-electron chi connectivity index (χ2n) is 12.6. The van der Waals surface area contributed by atoms with Gasteiger partial charge in [0.05, 0.1) is 28.2 Å². The van der Waals surface area contributed by atoms with Gasteiger partial charge in [-0.05, 0) is 95.4 Å². The average Bonchev–Trinajstić information content (AvgIpc) is 3.65. The van der Waals surface area contributed by atoms with E-state index < -0.39 is 0 Å². The lowest BCUT2D eigenvalue weighted by Gasteiger charge is -2.24. The van der Waals surface area contributed by atoms with Gasteiger partial charge in [0, 0.05) is 44.7 Å². The molecule has 2 aromatic heterocycles. The number of fused-ring (bicyclic) bond motifs is 6. The predicted molar refractivity (Wildman–Crippen MR) is 195 cm³/mol. The van der Waals surface area contributed by atoms with E-state index in [2.05, 4.69) is 150 Å². The summed E-state index contributed by atoms with van der Waals surface area (Å²) in [6, 6.07) is 54.1. The highest BCUT2D eigenvalue weighted by atomic mass is 15.0. The normalized spacial score (nSPS) is 14.3. The minimum Gasteiger partial charge on any atom is -0.313 e. The van der Waals surface area contributed by atoms with Crippen LogP contribution in [0.1, 0.15) is 41.6 Å². The van der Waals surface area contributed by atoms with E-state index in [9.17, 15) is 5.26 Å². The van der Waals surface area contributed by atoms with Crippen molar-refractivity contribution in [2.75, 3.05) is 0 Å². The van der Waals surface area contributed by atoms with Gasteiger partial charge in [0.25, 0.3) is 0 Å². The Kier molecular flexibility index (Phi) is 6.23. The lowest BCUT2D eigenvalue weighted by Crippen LogP contribution is -2.09. The van der Waals surface area contributed by atoms with Gasteiger partial charge in [-0.25, -0.2) is 0 Å². The minimum absolute atomic E-state index is 0.317. The van der Waals surface area contributed by atoms with E-state index in [1.54, 1.807) is 0 Å². The molecule has 3 nitrogen and oxygen atoms in total. The van der Waals surface area contributed by atoms with E-state index in [1.807, 2.05) is 24.3 Å². The summed E-state index contributed by atoms with van der Waals surface area (Å²) in [6.45, 7) is 2.37. The van der Waals surface area contributed by atoms with Crippen LogP contribution in [0.2, 0.25) is 0 Å². The van der Waals surface area contributed by atoms with E-state index in [1.165, 1.54) is 60.8 Å². The van der Waals surface area contributed by atoms with Gasteiger partial charge in [0.15, 0.2) is 0 Å². The van der Waals surface area contributed by atoms with Crippen molar-refractivity contribution in [3.8, 4) is 28.6 Å². The SMILES string of the molecule is CC1CC(c2ccc3c(c2)c2ccccc2n3-c2ccccc2)=Cc2c1n(-c1cccc(-c3ccc(C#N)cc3)c1)c1ccccc21. The van der Waals surface area contributed by atoms with Gasteiger partial charge in [0.2, 0.25) is 0 Å². The summed E-state index contributed by atoms with van der Waals surface area (Å²) in [5.41, 5.74) is 14.3. The maximum atomic E-state index is 9.27. The highest BCUT2D eigenvalue weighted by molar-refractivity contribution is 6.10. The number of para-hydroxylation sites is 3. The Hall–Kier alpha value is -6.11. The molecule has 0 amide bonds. The van der Waals surface area contributed by atoms with Crippen LogP contribution in [0.25, 0.3) is 66.9 Å². The molecule has 1 aliphatic rings. The summed E-state index contributed by atoms with van der Waals surface area (Å²) >= 11 is 0. The van der Waals surface area contributed by atoms with E-state index in [0.717, 1.165) is 23.2 Å². The Morgan fingerprint density at radius 2 is 1.21 bits per heavy atom. The fourth-order valence-electron chi connectivity index (χ4n) is 7.65. The third-order valence-electron chi connectivity index (χ3n) is 9.77. The third-order valence-corrected chi connectivity index (χ3v) is 9.77. The highest BCUT2D eigenvalue weighted by Crippen LogP contribution is 2.45. The van der Waals surface area contributed by atoms with Crippen LogP contribution in [-0.4, -0.2) is 9.13 Å². The average molecular weight is 602 g/mol. The fraction of sp³-hybridized carbons (Fsp3) is 0.0682. The molecule has 2 heterocycles. The number of aromatic nitrogens is 2. The van der Waals surface area contributed by atoms with Crippen LogP contribution in [0.3, 0.4) is 0 Å². The Morgan fingerprint density at radius 1 is 0.553 bits per heavy atom. The van der Waals surface area contributed by atoms with Gasteiger partial charge in [0.1, 0.15) is 0 Å². The number of allylic oxidation sites excluding steroid dienone is 1. The molecule has 9 rings (SSSR count). The standard InChI is InChI=1S/C44H31N3/c1-29-24-34(33-22-23-43-39(26-33)37-14-5-7-16-41(37)46(43)35-11-3-2-4-12-35)27-40-38-15-6-8-17-42(38)47(44(29)40)36-13-9-10-32(25-36)31-20-18-30(28-45)19-21-31/h2-23,25-27,29H,24H2,1H3. The molecule has 0 spiro atoms. The number of nitriles is 1. The van der Waals surface area contributed by atoms with Crippen LogP contribution in [-0.2, 0) is 0 Å². The fourth-order valence-corrected chi connectivity index (χ4v) is 7.65. The van der Waals surface area contributed by atoms with Crippen molar-refractivity contribution < 1.29 is 0 Å². The topological polar surface area (TPSA) is 33.6 Å². The molecule has 8 aromatic rings. The molecule has 6 aromatic carbocycles. The van der Waals surface area contributed by atoms with Crippen LogP contribution in [0.5, 0.6) is 0 Å². The Labute approximate surface area is 273 Å². The first kappa shape index (κ1) is 27.2. The first-order valence-electron chi connectivity index (χ1n) is 16.2. The number of nitrogens with zero attached hydrogens (tertiary/aromatic N) is 3.